The number of amides is 1. The predicted octanol–water partition coefficient (Wildman–Crippen LogP) is 3.49. The molecule has 0 unspecified atom stereocenters. The summed E-state index contributed by atoms with van der Waals surface area (Å²) in [5.41, 5.74) is 2.26. The lowest BCUT2D eigenvalue weighted by Crippen LogP contribution is -2.38. The van der Waals surface area contributed by atoms with Gasteiger partial charge in [0.2, 0.25) is 0 Å². The number of nitrogens with zero attached hydrogens (tertiary/aromatic N) is 3. The number of hydrogen-bond donors (Lipinski definition) is 1. The van der Waals surface area contributed by atoms with Gasteiger partial charge in [0.1, 0.15) is 11.3 Å². The molecule has 27 heavy (non-hydrogen) atoms. The summed E-state index contributed by atoms with van der Waals surface area (Å²) in [5, 5.41) is 4.32. The van der Waals surface area contributed by atoms with Gasteiger partial charge in [-0.15, -0.1) is 0 Å². The third-order valence-corrected chi connectivity index (χ3v) is 5.23. The Labute approximate surface area is 158 Å². The van der Waals surface area contributed by atoms with E-state index in [4.69, 9.17) is 4.74 Å². The van der Waals surface area contributed by atoms with Gasteiger partial charge in [0.15, 0.2) is 0 Å². The van der Waals surface area contributed by atoms with Crippen molar-refractivity contribution in [3.8, 4) is 0 Å². The molecule has 3 heterocycles. The molecule has 1 saturated carbocycles. The van der Waals surface area contributed by atoms with Crippen LogP contribution < -0.4 is 5.32 Å². The first-order valence-corrected chi connectivity index (χ1v) is 9.42. The van der Waals surface area contributed by atoms with Gasteiger partial charge in [-0.1, -0.05) is 6.07 Å². The molecule has 0 saturated heterocycles. The second kappa shape index (κ2) is 7.88. The molecule has 3 aromatic rings. The van der Waals surface area contributed by atoms with Gasteiger partial charge in [-0.05, 0) is 56.0 Å². The van der Waals surface area contributed by atoms with Crippen molar-refractivity contribution >= 4 is 16.9 Å². The summed E-state index contributed by atoms with van der Waals surface area (Å²) < 4.78 is 7.37. The molecule has 0 spiro atoms. The van der Waals surface area contributed by atoms with E-state index >= 15 is 0 Å². The highest BCUT2D eigenvalue weighted by molar-refractivity contribution is 5.92. The minimum Gasteiger partial charge on any atom is -0.378 e. The maximum atomic E-state index is 12.5. The molecule has 140 valence electrons. The van der Waals surface area contributed by atoms with Gasteiger partial charge in [0.05, 0.1) is 12.3 Å². The average Bonchev–Trinajstić information content (AvgIpc) is 3.13. The SMILES string of the molecule is COCc1cccc(C(=O)NC2CCC(n3ccc4cccnc43)CC2)n1. The van der Waals surface area contributed by atoms with E-state index in [0.717, 1.165) is 37.0 Å². The molecule has 0 bridgehead atoms. The Balaban J connectivity index is 1.37. The molecule has 1 aliphatic rings. The Morgan fingerprint density at radius 2 is 2.04 bits per heavy atom. The molecular formula is C21H24N4O2. The molecule has 4 rings (SSSR count). The summed E-state index contributed by atoms with van der Waals surface area (Å²) in [6.45, 7) is 0.408. The third kappa shape index (κ3) is 3.85. The molecular weight excluding hydrogens is 340 g/mol. The maximum absolute atomic E-state index is 12.5. The number of rotatable bonds is 5. The second-order valence-electron chi connectivity index (χ2n) is 7.07. The first kappa shape index (κ1) is 17.7. The quantitative estimate of drug-likeness (QED) is 0.752. The molecule has 6 heteroatoms. The summed E-state index contributed by atoms with van der Waals surface area (Å²) in [6, 6.07) is 12.3. The zero-order chi connectivity index (χ0) is 18.6. The second-order valence-corrected chi connectivity index (χ2v) is 7.07. The van der Waals surface area contributed by atoms with Crippen LogP contribution in [0.5, 0.6) is 0 Å². The Hall–Kier alpha value is -2.73. The molecule has 6 nitrogen and oxygen atoms in total. The highest BCUT2D eigenvalue weighted by Crippen LogP contribution is 2.31. The molecule has 0 radical (unpaired) electrons. The summed E-state index contributed by atoms with van der Waals surface area (Å²) in [5.74, 6) is -0.107. The fourth-order valence-corrected chi connectivity index (χ4v) is 3.87. The molecule has 1 fully saturated rings. The molecule has 0 aliphatic heterocycles. The molecule has 0 aromatic carbocycles. The predicted molar refractivity (Wildman–Crippen MR) is 103 cm³/mol. The number of hydrogen-bond acceptors (Lipinski definition) is 4. The number of carbonyl (C=O) groups excluding carboxylic acids is 1. The van der Waals surface area contributed by atoms with E-state index in [1.54, 1.807) is 13.2 Å². The van der Waals surface area contributed by atoms with E-state index in [-0.39, 0.29) is 11.9 Å². The van der Waals surface area contributed by atoms with E-state index in [0.29, 0.717) is 18.3 Å². The number of ether oxygens (including phenoxy) is 1. The molecule has 3 aromatic heterocycles. The Kier molecular flexibility index (Phi) is 5.16. The zero-order valence-corrected chi connectivity index (χ0v) is 15.5. The van der Waals surface area contributed by atoms with Gasteiger partial charge in [0, 0.05) is 37.0 Å². The highest BCUT2D eigenvalue weighted by Gasteiger charge is 2.25. The van der Waals surface area contributed by atoms with Crippen molar-refractivity contribution in [2.24, 2.45) is 0 Å². The molecule has 1 aliphatic carbocycles. The number of carbonyl (C=O) groups is 1. The van der Waals surface area contributed by atoms with Crippen LogP contribution in [0, 0.1) is 0 Å². The summed E-state index contributed by atoms with van der Waals surface area (Å²) in [7, 11) is 1.62. The number of fused-ring (bicyclic) bond motifs is 1. The first-order chi connectivity index (χ1) is 13.2. The Morgan fingerprint density at radius 1 is 1.19 bits per heavy atom. The smallest absolute Gasteiger partial charge is 0.270 e. The van der Waals surface area contributed by atoms with E-state index in [9.17, 15) is 4.79 Å². The summed E-state index contributed by atoms with van der Waals surface area (Å²) >= 11 is 0. The highest BCUT2D eigenvalue weighted by atomic mass is 16.5. The Morgan fingerprint density at radius 3 is 2.85 bits per heavy atom. The van der Waals surface area contributed by atoms with Crippen LogP contribution in [-0.4, -0.2) is 33.6 Å². The minimum atomic E-state index is -0.107. The largest absolute Gasteiger partial charge is 0.378 e. The monoisotopic (exact) mass is 364 g/mol. The number of methoxy groups -OCH3 is 1. The van der Waals surface area contributed by atoms with E-state index in [1.807, 2.05) is 24.4 Å². The van der Waals surface area contributed by atoms with Crippen molar-refractivity contribution in [3.63, 3.8) is 0 Å². The maximum Gasteiger partial charge on any atom is 0.270 e. The van der Waals surface area contributed by atoms with Gasteiger partial charge in [0.25, 0.3) is 5.91 Å². The van der Waals surface area contributed by atoms with Crippen molar-refractivity contribution in [3.05, 3.63) is 60.2 Å². The van der Waals surface area contributed by atoms with Crippen LogP contribution in [0.15, 0.2) is 48.8 Å². The van der Waals surface area contributed by atoms with Crippen LogP contribution in [-0.2, 0) is 11.3 Å². The first-order valence-electron chi connectivity index (χ1n) is 9.42. The van der Waals surface area contributed by atoms with Gasteiger partial charge < -0.3 is 14.6 Å². The minimum absolute atomic E-state index is 0.107. The fraction of sp³-hybridized carbons (Fsp3) is 0.381. The van der Waals surface area contributed by atoms with Crippen LogP contribution in [0.4, 0.5) is 0 Å². The average molecular weight is 364 g/mol. The van der Waals surface area contributed by atoms with Crippen LogP contribution in [0.3, 0.4) is 0 Å². The molecule has 1 N–H and O–H groups in total. The third-order valence-electron chi connectivity index (χ3n) is 5.23. The Bertz CT molecular complexity index is 929. The van der Waals surface area contributed by atoms with Gasteiger partial charge in [-0.2, -0.15) is 0 Å². The van der Waals surface area contributed by atoms with Crippen LogP contribution in [0.1, 0.15) is 47.9 Å². The topological polar surface area (TPSA) is 69.0 Å². The standard InChI is InChI=1S/C21H24N4O2/c1-27-14-17-5-2-6-19(23-17)21(26)24-16-7-9-18(10-8-16)25-13-11-15-4-3-12-22-20(15)25/h2-6,11-13,16,18H,7-10,14H2,1H3,(H,24,26). The van der Waals surface area contributed by atoms with E-state index in [1.165, 1.54) is 5.39 Å². The van der Waals surface area contributed by atoms with Gasteiger partial charge in [-0.25, -0.2) is 9.97 Å². The van der Waals surface area contributed by atoms with Crippen molar-refractivity contribution in [1.29, 1.82) is 0 Å². The van der Waals surface area contributed by atoms with Gasteiger partial charge >= 0.3 is 0 Å². The lowest BCUT2D eigenvalue weighted by molar-refractivity contribution is 0.0916. The van der Waals surface area contributed by atoms with E-state index < -0.39 is 0 Å². The molecule has 1 amide bonds. The summed E-state index contributed by atoms with van der Waals surface area (Å²) in [4.78, 5) is 21.4. The lowest BCUT2D eigenvalue weighted by atomic mass is 9.91. The van der Waals surface area contributed by atoms with E-state index in [2.05, 4.69) is 38.2 Å². The zero-order valence-electron chi connectivity index (χ0n) is 15.5. The van der Waals surface area contributed by atoms with Gasteiger partial charge in [-0.3, -0.25) is 4.79 Å². The molecule has 0 atom stereocenters. The van der Waals surface area contributed by atoms with Crippen molar-refractivity contribution in [2.75, 3.05) is 7.11 Å². The summed E-state index contributed by atoms with van der Waals surface area (Å²) in [6.07, 6.45) is 7.95. The lowest BCUT2D eigenvalue weighted by Gasteiger charge is -2.30. The normalized spacial score (nSPS) is 19.9. The number of aromatic nitrogens is 3. The van der Waals surface area contributed by atoms with Crippen molar-refractivity contribution in [2.45, 2.75) is 44.4 Å². The fourth-order valence-electron chi connectivity index (χ4n) is 3.87. The van der Waals surface area contributed by atoms with Crippen LogP contribution in [0.25, 0.3) is 11.0 Å². The van der Waals surface area contributed by atoms with Crippen molar-refractivity contribution < 1.29 is 9.53 Å². The van der Waals surface area contributed by atoms with Crippen LogP contribution >= 0.6 is 0 Å². The number of pyridine rings is 2. The number of nitrogens with one attached hydrogen (secondary N) is 1. The van der Waals surface area contributed by atoms with Crippen LogP contribution in [0.2, 0.25) is 0 Å². The van der Waals surface area contributed by atoms with Crippen molar-refractivity contribution in [1.82, 2.24) is 19.9 Å².